The molecule has 0 spiro atoms. The summed E-state index contributed by atoms with van der Waals surface area (Å²) in [6.45, 7) is 3.64. The molecule has 0 aliphatic heterocycles. The van der Waals surface area contributed by atoms with E-state index < -0.39 is 17.9 Å². The van der Waals surface area contributed by atoms with Crippen molar-refractivity contribution >= 4 is 55.5 Å². The summed E-state index contributed by atoms with van der Waals surface area (Å²) >= 11 is 6.69. The Kier molecular flexibility index (Phi) is 7.26. The van der Waals surface area contributed by atoms with Gasteiger partial charge in [0, 0.05) is 16.7 Å². The molecule has 3 aromatic rings. The number of halogens is 2. The first-order valence-corrected chi connectivity index (χ1v) is 10.7. The zero-order valence-corrected chi connectivity index (χ0v) is 20.4. The zero-order valence-electron chi connectivity index (χ0n) is 17.2. The summed E-state index contributed by atoms with van der Waals surface area (Å²) in [5.41, 5.74) is 6.46. The van der Waals surface area contributed by atoms with Gasteiger partial charge in [-0.15, -0.1) is 0 Å². The third-order valence-corrected chi connectivity index (χ3v) is 5.29. The van der Waals surface area contributed by atoms with Gasteiger partial charge < -0.3 is 10.1 Å². The van der Waals surface area contributed by atoms with Crippen LogP contribution in [0.3, 0.4) is 0 Å². The number of carbonyl (C=O) groups is 3. The molecule has 0 unspecified atom stereocenters. The van der Waals surface area contributed by atoms with Gasteiger partial charge in [-0.1, -0.05) is 6.07 Å². The van der Waals surface area contributed by atoms with Gasteiger partial charge in [0.15, 0.2) is 5.82 Å². The first-order valence-electron chi connectivity index (χ1n) is 9.14. The predicted molar refractivity (Wildman–Crippen MR) is 124 cm³/mol. The van der Waals surface area contributed by atoms with E-state index in [2.05, 4.69) is 62.8 Å². The Morgan fingerprint density at radius 2 is 1.81 bits per heavy atom. The first-order chi connectivity index (χ1) is 15.2. The fourth-order valence-corrected chi connectivity index (χ4v) is 3.88. The number of aromatic nitrogens is 3. The second kappa shape index (κ2) is 9.92. The van der Waals surface area contributed by atoms with Crippen molar-refractivity contribution in [2.75, 3.05) is 12.4 Å². The van der Waals surface area contributed by atoms with Crippen LogP contribution in [0.5, 0.6) is 0 Å². The molecule has 32 heavy (non-hydrogen) atoms. The molecule has 3 N–H and O–H groups in total. The number of hydrogen-bond acceptors (Lipinski definition) is 6. The molecule has 3 rings (SSSR count). The van der Waals surface area contributed by atoms with Gasteiger partial charge >= 0.3 is 6.09 Å². The Bertz CT molecular complexity index is 1210. The number of benzene rings is 1. The number of rotatable bonds is 4. The van der Waals surface area contributed by atoms with Crippen molar-refractivity contribution in [2.45, 2.75) is 13.8 Å². The maximum atomic E-state index is 13.2. The molecular weight excluding hydrogens is 548 g/mol. The number of pyridine rings is 1. The molecule has 166 valence electrons. The molecule has 10 nitrogen and oxygen atoms in total. The molecule has 0 aliphatic carbocycles. The summed E-state index contributed by atoms with van der Waals surface area (Å²) in [6.07, 6.45) is 0.766. The third-order valence-electron chi connectivity index (χ3n) is 4.28. The van der Waals surface area contributed by atoms with Crippen LogP contribution in [-0.4, -0.2) is 39.8 Å². The van der Waals surface area contributed by atoms with Gasteiger partial charge in [-0.05, 0) is 75.0 Å². The largest absolute Gasteiger partial charge is 0.452 e. The number of anilines is 1. The average Bonchev–Trinajstić information content (AvgIpc) is 3.15. The monoisotopic (exact) mass is 564 g/mol. The Balaban J connectivity index is 1.96. The van der Waals surface area contributed by atoms with Gasteiger partial charge in [0.1, 0.15) is 10.3 Å². The summed E-state index contributed by atoms with van der Waals surface area (Å²) in [5, 5.41) is 7.06. The normalized spacial score (nSPS) is 10.4. The van der Waals surface area contributed by atoms with Crippen molar-refractivity contribution in [2.24, 2.45) is 0 Å². The van der Waals surface area contributed by atoms with E-state index >= 15 is 0 Å². The zero-order chi connectivity index (χ0) is 23.4. The van der Waals surface area contributed by atoms with E-state index in [9.17, 15) is 14.4 Å². The van der Waals surface area contributed by atoms with Gasteiger partial charge in [-0.2, -0.15) is 5.10 Å². The standard InChI is InChI=1S/C20H18Br2N6O4/c1-10-7-12(18(29)25-26-20(31)32-3)16(13(21)8-10)24-19(30)14-9-15(22)27-28(14)17-11(2)5-4-6-23-17/h4-9H,1-3H3,(H,24,30)(H,25,29)(H,26,31). The molecule has 0 radical (unpaired) electrons. The van der Waals surface area contributed by atoms with Crippen molar-refractivity contribution < 1.29 is 19.1 Å². The van der Waals surface area contributed by atoms with E-state index in [-0.39, 0.29) is 16.9 Å². The minimum absolute atomic E-state index is 0.126. The highest BCUT2D eigenvalue weighted by Crippen LogP contribution is 2.29. The Hall–Kier alpha value is -3.25. The van der Waals surface area contributed by atoms with Gasteiger partial charge in [0.2, 0.25) is 0 Å². The van der Waals surface area contributed by atoms with Crippen LogP contribution in [-0.2, 0) is 4.74 Å². The van der Waals surface area contributed by atoms with Crippen LogP contribution in [0.4, 0.5) is 10.5 Å². The van der Waals surface area contributed by atoms with Crippen LogP contribution >= 0.6 is 31.9 Å². The Morgan fingerprint density at radius 1 is 1.06 bits per heavy atom. The number of nitrogens with one attached hydrogen (secondary N) is 3. The van der Waals surface area contributed by atoms with E-state index in [0.29, 0.717) is 14.9 Å². The van der Waals surface area contributed by atoms with Crippen LogP contribution in [0.1, 0.15) is 32.0 Å². The lowest BCUT2D eigenvalue weighted by Gasteiger charge is -2.15. The topological polar surface area (TPSA) is 127 Å². The molecule has 0 aliphatic rings. The highest BCUT2D eigenvalue weighted by molar-refractivity contribution is 9.10. The quantitative estimate of drug-likeness (QED) is 0.414. The van der Waals surface area contributed by atoms with Crippen molar-refractivity contribution in [3.63, 3.8) is 0 Å². The van der Waals surface area contributed by atoms with Gasteiger partial charge in [-0.25, -0.2) is 19.9 Å². The van der Waals surface area contributed by atoms with Crippen LogP contribution in [0.2, 0.25) is 0 Å². The summed E-state index contributed by atoms with van der Waals surface area (Å²) in [4.78, 5) is 41.4. The van der Waals surface area contributed by atoms with Gasteiger partial charge in [-0.3, -0.25) is 15.0 Å². The van der Waals surface area contributed by atoms with Crippen molar-refractivity contribution in [1.29, 1.82) is 0 Å². The van der Waals surface area contributed by atoms with Crippen molar-refractivity contribution in [3.05, 3.63) is 68.0 Å². The first kappa shape index (κ1) is 23.4. The molecule has 2 aromatic heterocycles. The van der Waals surface area contributed by atoms with E-state index in [1.54, 1.807) is 37.4 Å². The number of hydrogen-bond donors (Lipinski definition) is 3. The smallest absolute Gasteiger partial charge is 0.425 e. The molecule has 2 heterocycles. The number of carbonyl (C=O) groups excluding carboxylic acids is 3. The molecule has 0 saturated carbocycles. The highest BCUT2D eigenvalue weighted by Gasteiger charge is 2.22. The van der Waals surface area contributed by atoms with Crippen LogP contribution in [0, 0.1) is 13.8 Å². The average molecular weight is 566 g/mol. The molecule has 3 amide bonds. The molecule has 12 heteroatoms. The summed E-state index contributed by atoms with van der Waals surface area (Å²) < 4.78 is 6.77. The molecular formula is C20H18Br2N6O4. The summed E-state index contributed by atoms with van der Waals surface area (Å²) in [6, 6.07) is 8.51. The Morgan fingerprint density at radius 3 is 2.50 bits per heavy atom. The lowest BCUT2D eigenvalue weighted by molar-refractivity contribution is 0.0921. The maximum Gasteiger partial charge on any atom is 0.425 e. The molecule has 1 aromatic carbocycles. The van der Waals surface area contributed by atoms with E-state index in [4.69, 9.17) is 0 Å². The molecule has 0 fully saturated rings. The molecule has 0 atom stereocenters. The van der Waals surface area contributed by atoms with Crippen LogP contribution < -0.4 is 16.2 Å². The Labute approximate surface area is 200 Å². The summed E-state index contributed by atoms with van der Waals surface area (Å²) in [7, 11) is 1.17. The number of methoxy groups -OCH3 is 1. The molecule has 0 bridgehead atoms. The maximum absolute atomic E-state index is 13.2. The number of aryl methyl sites for hydroxylation is 2. The van der Waals surface area contributed by atoms with E-state index in [1.165, 1.54) is 11.8 Å². The predicted octanol–water partition coefficient (Wildman–Crippen LogP) is 3.66. The molecule has 0 saturated heterocycles. The third kappa shape index (κ3) is 5.14. The van der Waals surface area contributed by atoms with Gasteiger partial charge in [0.05, 0.1) is 18.4 Å². The number of amides is 3. The van der Waals surface area contributed by atoms with Gasteiger partial charge in [0.25, 0.3) is 11.8 Å². The van der Waals surface area contributed by atoms with Crippen molar-refractivity contribution in [3.8, 4) is 5.82 Å². The fraction of sp³-hybridized carbons (Fsp3) is 0.150. The number of ether oxygens (including phenoxy) is 1. The van der Waals surface area contributed by atoms with Crippen LogP contribution in [0.25, 0.3) is 5.82 Å². The second-order valence-corrected chi connectivity index (χ2v) is 8.27. The van der Waals surface area contributed by atoms with E-state index in [1.807, 2.05) is 13.0 Å². The second-order valence-electron chi connectivity index (χ2n) is 6.60. The minimum Gasteiger partial charge on any atom is -0.452 e. The minimum atomic E-state index is -0.838. The van der Waals surface area contributed by atoms with Crippen molar-refractivity contribution in [1.82, 2.24) is 25.6 Å². The number of nitrogens with zero attached hydrogens (tertiary/aromatic N) is 3. The lowest BCUT2D eigenvalue weighted by Crippen LogP contribution is -2.41. The van der Waals surface area contributed by atoms with Crippen LogP contribution in [0.15, 0.2) is 45.6 Å². The fourth-order valence-electron chi connectivity index (χ4n) is 2.83. The summed E-state index contributed by atoms with van der Waals surface area (Å²) in [5.74, 6) is -0.676. The SMILES string of the molecule is COC(=O)NNC(=O)c1cc(C)cc(Br)c1NC(=O)c1cc(Br)nn1-c1ncccc1C. The highest BCUT2D eigenvalue weighted by atomic mass is 79.9. The lowest BCUT2D eigenvalue weighted by atomic mass is 10.1. The number of hydrazine groups is 1. The van der Waals surface area contributed by atoms with E-state index in [0.717, 1.165) is 11.1 Å².